The fourth-order valence-electron chi connectivity index (χ4n) is 5.39. The molecule has 3 aliphatic rings. The fraction of sp³-hybridized carbons (Fsp3) is 0.345. The van der Waals surface area contributed by atoms with Crippen molar-refractivity contribution in [1.29, 1.82) is 0 Å². The molecule has 6 rings (SSSR count). The Morgan fingerprint density at radius 2 is 1.77 bits per heavy atom. The van der Waals surface area contributed by atoms with Gasteiger partial charge in [0.25, 0.3) is 0 Å². The van der Waals surface area contributed by atoms with Crippen molar-refractivity contribution in [3.63, 3.8) is 0 Å². The van der Waals surface area contributed by atoms with Gasteiger partial charge in [-0.15, -0.1) is 0 Å². The topological polar surface area (TPSA) is 128 Å². The molecule has 10 heteroatoms. The standard InChI is InChI=1S/C29H29N3O7/c33-15-26-29-22(12-20(38-26)13-27(34)31-14-18-1-3-24-25(9-18)37-16-36-24)21-11-19(2-4-23(21)39-29)32-28(35)10-17-5-7-30-8-6-17/h1-9,11,20,22,26,29,33H,10,12-16H2,(H,31,34)(H,32,35)/t20-,22+,26+,29-/m0/s1. The highest BCUT2D eigenvalue weighted by Gasteiger charge is 2.46. The Bertz CT molecular complexity index is 1370. The lowest BCUT2D eigenvalue weighted by atomic mass is 9.84. The maximum Gasteiger partial charge on any atom is 0.231 e. The summed E-state index contributed by atoms with van der Waals surface area (Å²) in [6.07, 6.45) is 2.96. The van der Waals surface area contributed by atoms with Crippen molar-refractivity contribution in [2.75, 3.05) is 18.7 Å². The summed E-state index contributed by atoms with van der Waals surface area (Å²) >= 11 is 0. The van der Waals surface area contributed by atoms with E-state index in [1.54, 1.807) is 18.5 Å². The third-order valence-corrected chi connectivity index (χ3v) is 7.24. The quantitative estimate of drug-likeness (QED) is 0.405. The fourth-order valence-corrected chi connectivity index (χ4v) is 5.39. The van der Waals surface area contributed by atoms with Gasteiger partial charge < -0.3 is 34.7 Å². The first kappa shape index (κ1) is 25.1. The number of amides is 2. The molecule has 0 saturated carbocycles. The van der Waals surface area contributed by atoms with Crippen molar-refractivity contribution < 1.29 is 33.6 Å². The predicted octanol–water partition coefficient (Wildman–Crippen LogP) is 2.69. The van der Waals surface area contributed by atoms with E-state index in [4.69, 9.17) is 18.9 Å². The number of fused-ring (bicyclic) bond motifs is 4. The molecule has 1 aromatic heterocycles. The maximum absolute atomic E-state index is 12.8. The maximum atomic E-state index is 12.8. The highest BCUT2D eigenvalue weighted by atomic mass is 16.7. The van der Waals surface area contributed by atoms with Crippen LogP contribution in [0.25, 0.3) is 0 Å². The molecule has 39 heavy (non-hydrogen) atoms. The first-order chi connectivity index (χ1) is 19.1. The average Bonchev–Trinajstić information content (AvgIpc) is 3.56. The number of aliphatic hydroxyl groups excluding tert-OH is 1. The van der Waals surface area contributed by atoms with Crippen LogP contribution in [0.2, 0.25) is 0 Å². The molecule has 0 unspecified atom stereocenters. The average molecular weight is 532 g/mol. The number of carbonyl (C=O) groups is 2. The normalized spacial score (nSPS) is 22.4. The van der Waals surface area contributed by atoms with Crippen LogP contribution in [-0.2, 0) is 27.3 Å². The van der Waals surface area contributed by atoms with E-state index >= 15 is 0 Å². The van der Waals surface area contributed by atoms with Gasteiger partial charge in [0.2, 0.25) is 18.6 Å². The molecule has 202 valence electrons. The van der Waals surface area contributed by atoms with Crippen molar-refractivity contribution in [3.05, 3.63) is 77.6 Å². The van der Waals surface area contributed by atoms with Crippen LogP contribution in [0.3, 0.4) is 0 Å². The monoisotopic (exact) mass is 531 g/mol. The number of rotatable bonds is 8. The lowest BCUT2D eigenvalue weighted by Crippen LogP contribution is -2.47. The third kappa shape index (κ3) is 5.52. The summed E-state index contributed by atoms with van der Waals surface area (Å²) in [5.41, 5.74) is 3.39. The Balaban J connectivity index is 1.09. The summed E-state index contributed by atoms with van der Waals surface area (Å²) < 4.78 is 22.9. The van der Waals surface area contributed by atoms with E-state index in [9.17, 15) is 14.7 Å². The highest BCUT2D eigenvalue weighted by Crippen LogP contribution is 2.47. The van der Waals surface area contributed by atoms with Crippen LogP contribution in [0.1, 0.15) is 35.4 Å². The summed E-state index contributed by atoms with van der Waals surface area (Å²) in [5.74, 6) is 1.71. The molecule has 0 spiro atoms. The number of anilines is 1. The number of pyridine rings is 1. The van der Waals surface area contributed by atoms with Crippen LogP contribution in [0.5, 0.6) is 17.2 Å². The SMILES string of the molecule is O=C(C[C@@H]1C[C@@H]2c3cc(NC(=O)Cc4ccncc4)ccc3O[C@@H]2[C@@H](CO)O1)NCc1ccc2c(c1)OCO2. The van der Waals surface area contributed by atoms with Gasteiger partial charge in [-0.1, -0.05) is 6.07 Å². The highest BCUT2D eigenvalue weighted by molar-refractivity contribution is 5.92. The smallest absolute Gasteiger partial charge is 0.231 e. The van der Waals surface area contributed by atoms with Gasteiger partial charge in [0.1, 0.15) is 18.0 Å². The molecule has 2 aromatic carbocycles. The van der Waals surface area contributed by atoms with Gasteiger partial charge in [0, 0.05) is 36.1 Å². The predicted molar refractivity (Wildman–Crippen MR) is 140 cm³/mol. The van der Waals surface area contributed by atoms with Crippen molar-refractivity contribution >= 4 is 17.5 Å². The lowest BCUT2D eigenvalue weighted by Gasteiger charge is -2.37. The Morgan fingerprint density at radius 3 is 2.62 bits per heavy atom. The molecule has 3 aliphatic heterocycles. The second-order valence-electron chi connectivity index (χ2n) is 9.91. The molecular weight excluding hydrogens is 502 g/mol. The second-order valence-corrected chi connectivity index (χ2v) is 9.91. The zero-order valence-electron chi connectivity index (χ0n) is 21.2. The zero-order valence-corrected chi connectivity index (χ0v) is 21.2. The molecule has 3 aromatic rings. The van der Waals surface area contributed by atoms with Gasteiger partial charge in [0.15, 0.2) is 11.5 Å². The summed E-state index contributed by atoms with van der Waals surface area (Å²) in [6, 6.07) is 14.7. The number of nitrogens with one attached hydrogen (secondary N) is 2. The Labute approximate surface area is 225 Å². The van der Waals surface area contributed by atoms with Gasteiger partial charge in [-0.2, -0.15) is 0 Å². The number of aromatic nitrogens is 1. The van der Waals surface area contributed by atoms with E-state index in [-0.39, 0.29) is 56.2 Å². The molecule has 1 saturated heterocycles. The van der Waals surface area contributed by atoms with E-state index in [0.717, 1.165) is 16.7 Å². The van der Waals surface area contributed by atoms with E-state index < -0.39 is 6.10 Å². The molecule has 0 radical (unpaired) electrons. The number of benzene rings is 2. The molecule has 0 aliphatic carbocycles. The molecular formula is C29H29N3O7. The number of hydrogen-bond donors (Lipinski definition) is 3. The lowest BCUT2D eigenvalue weighted by molar-refractivity contribution is -0.142. The molecule has 10 nitrogen and oxygen atoms in total. The molecule has 4 heterocycles. The van der Waals surface area contributed by atoms with Crippen molar-refractivity contribution in [2.45, 2.75) is 50.0 Å². The van der Waals surface area contributed by atoms with Gasteiger partial charge in [0.05, 0.1) is 25.6 Å². The van der Waals surface area contributed by atoms with Gasteiger partial charge in [-0.25, -0.2) is 0 Å². The van der Waals surface area contributed by atoms with E-state index in [2.05, 4.69) is 15.6 Å². The third-order valence-electron chi connectivity index (χ3n) is 7.24. The Kier molecular flexibility index (Phi) is 7.04. The summed E-state index contributed by atoms with van der Waals surface area (Å²) in [7, 11) is 0. The van der Waals surface area contributed by atoms with E-state index in [0.29, 0.717) is 35.9 Å². The van der Waals surface area contributed by atoms with Gasteiger partial charge in [-0.3, -0.25) is 14.6 Å². The second kappa shape index (κ2) is 10.9. The minimum Gasteiger partial charge on any atom is -0.487 e. The van der Waals surface area contributed by atoms with Crippen LogP contribution in [0.4, 0.5) is 5.69 Å². The number of carbonyl (C=O) groups excluding carboxylic acids is 2. The van der Waals surface area contributed by atoms with E-state index in [1.165, 1.54) is 0 Å². The minimum absolute atomic E-state index is 0.0744. The zero-order chi connectivity index (χ0) is 26.8. The number of hydrogen-bond acceptors (Lipinski definition) is 8. The summed E-state index contributed by atoms with van der Waals surface area (Å²) in [6.45, 7) is 0.330. The first-order valence-electron chi connectivity index (χ1n) is 13.0. The van der Waals surface area contributed by atoms with Crippen LogP contribution in [-0.4, -0.2) is 53.6 Å². The van der Waals surface area contributed by atoms with Gasteiger partial charge >= 0.3 is 0 Å². The minimum atomic E-state index is -0.562. The molecule has 0 bridgehead atoms. The molecule has 1 fully saturated rings. The summed E-state index contributed by atoms with van der Waals surface area (Å²) in [4.78, 5) is 29.3. The number of nitrogens with zero attached hydrogens (tertiary/aromatic N) is 1. The molecule has 2 amide bonds. The van der Waals surface area contributed by atoms with Crippen LogP contribution < -0.4 is 24.8 Å². The van der Waals surface area contributed by atoms with Crippen molar-refractivity contribution in [3.8, 4) is 17.2 Å². The molecule has 4 atom stereocenters. The van der Waals surface area contributed by atoms with Crippen LogP contribution in [0, 0.1) is 0 Å². The number of ether oxygens (including phenoxy) is 4. The Morgan fingerprint density at radius 1 is 0.949 bits per heavy atom. The van der Waals surface area contributed by atoms with Crippen LogP contribution >= 0.6 is 0 Å². The largest absolute Gasteiger partial charge is 0.487 e. The number of aliphatic hydroxyl groups is 1. The Hall–Kier alpha value is -4.15. The van der Waals surface area contributed by atoms with Gasteiger partial charge in [-0.05, 0) is 60.0 Å². The molecule has 3 N–H and O–H groups in total. The summed E-state index contributed by atoms with van der Waals surface area (Å²) in [5, 5.41) is 15.9. The van der Waals surface area contributed by atoms with Crippen molar-refractivity contribution in [2.24, 2.45) is 0 Å². The van der Waals surface area contributed by atoms with Crippen molar-refractivity contribution in [1.82, 2.24) is 10.3 Å². The van der Waals surface area contributed by atoms with E-state index in [1.807, 2.05) is 42.5 Å². The van der Waals surface area contributed by atoms with Crippen LogP contribution in [0.15, 0.2) is 60.9 Å². The first-order valence-corrected chi connectivity index (χ1v) is 13.0.